The van der Waals surface area contributed by atoms with Gasteiger partial charge in [-0.25, -0.2) is 0 Å². The first-order valence-electron chi connectivity index (χ1n) is 3.12. The maximum Gasteiger partial charge on any atom is 0.300 e. The van der Waals surface area contributed by atoms with Crippen LogP contribution in [0.3, 0.4) is 0 Å². The van der Waals surface area contributed by atoms with E-state index in [1.54, 1.807) is 11.8 Å². The van der Waals surface area contributed by atoms with Crippen LogP contribution in [-0.2, 0) is 4.79 Å². The van der Waals surface area contributed by atoms with Gasteiger partial charge in [0.1, 0.15) is 0 Å². The number of thioether (sulfide) groups is 1. The fraction of sp³-hybridized carbons (Fsp3) is 0.833. The third kappa shape index (κ3) is 7.78. The lowest BCUT2D eigenvalue weighted by Gasteiger charge is -1.91. The smallest absolute Gasteiger partial charge is 0.300 e. The number of carboxylic acid groups (broad SMARTS) is 1. The second kappa shape index (κ2) is 5.56. The molecule has 0 radical (unpaired) electrons. The van der Waals surface area contributed by atoms with Gasteiger partial charge < -0.3 is 10.2 Å². The van der Waals surface area contributed by atoms with Crippen LogP contribution in [-0.4, -0.2) is 27.4 Å². The van der Waals surface area contributed by atoms with Crippen LogP contribution in [0.15, 0.2) is 0 Å². The van der Waals surface area contributed by atoms with Crippen LogP contribution in [0.4, 0.5) is 0 Å². The standard InChI is InChI=1S/C4H8OS.C2H4O2/c5-4-2-1-3-6-4;1-2(3)4/h4-5H,1-3H2;1H3,(H,3,4). The van der Waals surface area contributed by atoms with Gasteiger partial charge in [0.05, 0.1) is 5.44 Å². The summed E-state index contributed by atoms with van der Waals surface area (Å²) in [6, 6.07) is 0. The van der Waals surface area contributed by atoms with Gasteiger partial charge in [0, 0.05) is 6.92 Å². The Bertz CT molecular complexity index is 95.2. The molecule has 0 aromatic heterocycles. The summed E-state index contributed by atoms with van der Waals surface area (Å²) in [4.78, 5) is 9.00. The van der Waals surface area contributed by atoms with E-state index in [0.717, 1.165) is 19.1 Å². The number of rotatable bonds is 0. The van der Waals surface area contributed by atoms with Gasteiger partial charge >= 0.3 is 0 Å². The number of carboxylic acids is 1. The average molecular weight is 164 g/mol. The molecular weight excluding hydrogens is 152 g/mol. The monoisotopic (exact) mass is 164 g/mol. The fourth-order valence-electron chi connectivity index (χ4n) is 0.561. The van der Waals surface area contributed by atoms with Gasteiger partial charge in [-0.1, -0.05) is 0 Å². The Hall–Kier alpha value is -0.220. The minimum absolute atomic E-state index is 0.0370. The third-order valence-electron chi connectivity index (χ3n) is 0.906. The van der Waals surface area contributed by atoms with Crippen LogP contribution in [0.5, 0.6) is 0 Å². The summed E-state index contributed by atoms with van der Waals surface area (Å²) in [5.74, 6) is 0.321. The maximum atomic E-state index is 9.00. The molecule has 0 saturated carbocycles. The van der Waals surface area contributed by atoms with Gasteiger partial charge in [0.25, 0.3) is 5.97 Å². The molecule has 1 aliphatic heterocycles. The molecule has 3 nitrogen and oxygen atoms in total. The Balaban J connectivity index is 0.000000180. The van der Waals surface area contributed by atoms with Crippen molar-refractivity contribution in [3.05, 3.63) is 0 Å². The molecule has 1 unspecified atom stereocenters. The van der Waals surface area contributed by atoms with Crippen LogP contribution < -0.4 is 0 Å². The van der Waals surface area contributed by atoms with Crippen LogP contribution in [0.25, 0.3) is 0 Å². The highest BCUT2D eigenvalue weighted by atomic mass is 32.2. The lowest BCUT2D eigenvalue weighted by atomic mass is 10.4. The molecule has 60 valence electrons. The zero-order valence-electron chi connectivity index (χ0n) is 5.91. The molecule has 0 amide bonds. The van der Waals surface area contributed by atoms with Crippen molar-refractivity contribution in [2.75, 3.05) is 5.75 Å². The van der Waals surface area contributed by atoms with Crippen molar-refractivity contribution in [3.8, 4) is 0 Å². The highest BCUT2D eigenvalue weighted by Gasteiger charge is 2.09. The van der Waals surface area contributed by atoms with Crippen molar-refractivity contribution in [2.24, 2.45) is 0 Å². The first-order chi connectivity index (χ1) is 4.63. The van der Waals surface area contributed by atoms with Gasteiger partial charge in [0.2, 0.25) is 0 Å². The van der Waals surface area contributed by atoms with E-state index in [4.69, 9.17) is 15.0 Å². The molecule has 1 aliphatic rings. The minimum atomic E-state index is -0.833. The minimum Gasteiger partial charge on any atom is -0.481 e. The van der Waals surface area contributed by atoms with Gasteiger partial charge in [-0.2, -0.15) is 0 Å². The second-order valence-corrected chi connectivity index (χ2v) is 3.27. The molecule has 1 fully saturated rings. The van der Waals surface area contributed by atoms with Crippen molar-refractivity contribution < 1.29 is 15.0 Å². The Morgan fingerprint density at radius 3 is 2.30 bits per heavy atom. The summed E-state index contributed by atoms with van der Waals surface area (Å²) in [6.07, 6.45) is 2.20. The predicted molar refractivity (Wildman–Crippen MR) is 41.0 cm³/mol. The number of hydrogen-bond acceptors (Lipinski definition) is 3. The molecule has 4 heteroatoms. The molecule has 2 N–H and O–H groups in total. The largest absolute Gasteiger partial charge is 0.481 e. The molecule has 1 atom stereocenters. The average Bonchev–Trinajstić information content (AvgIpc) is 2.15. The van der Waals surface area contributed by atoms with Crippen molar-refractivity contribution in [3.63, 3.8) is 0 Å². The highest BCUT2D eigenvalue weighted by Crippen LogP contribution is 2.22. The molecule has 10 heavy (non-hydrogen) atoms. The van der Waals surface area contributed by atoms with Crippen LogP contribution in [0, 0.1) is 0 Å². The van der Waals surface area contributed by atoms with Crippen LogP contribution in [0.2, 0.25) is 0 Å². The van der Waals surface area contributed by atoms with Crippen molar-refractivity contribution >= 4 is 17.7 Å². The Kier molecular flexibility index (Phi) is 5.43. The van der Waals surface area contributed by atoms with Crippen molar-refractivity contribution in [1.29, 1.82) is 0 Å². The third-order valence-corrected chi connectivity index (χ3v) is 2.05. The van der Waals surface area contributed by atoms with Crippen molar-refractivity contribution in [1.82, 2.24) is 0 Å². The van der Waals surface area contributed by atoms with Crippen LogP contribution in [0.1, 0.15) is 19.8 Å². The number of carbonyl (C=O) groups is 1. The summed E-state index contributed by atoms with van der Waals surface area (Å²) in [6.45, 7) is 1.08. The number of aliphatic hydroxyl groups is 1. The second-order valence-electron chi connectivity index (χ2n) is 1.99. The SMILES string of the molecule is CC(=O)O.OC1CCCS1. The summed E-state index contributed by atoms with van der Waals surface area (Å²) < 4.78 is 0. The highest BCUT2D eigenvalue weighted by molar-refractivity contribution is 7.99. The summed E-state index contributed by atoms with van der Waals surface area (Å²) >= 11 is 1.65. The van der Waals surface area contributed by atoms with E-state index in [-0.39, 0.29) is 5.44 Å². The van der Waals surface area contributed by atoms with E-state index in [9.17, 15) is 0 Å². The first-order valence-corrected chi connectivity index (χ1v) is 4.17. The molecule has 0 bridgehead atoms. The van der Waals surface area contributed by atoms with E-state index in [1.807, 2.05) is 0 Å². The van der Waals surface area contributed by atoms with E-state index < -0.39 is 5.97 Å². The van der Waals surface area contributed by atoms with Gasteiger partial charge in [-0.15, -0.1) is 11.8 Å². The molecular formula is C6H12O3S. The Morgan fingerprint density at radius 2 is 2.20 bits per heavy atom. The molecule has 1 rings (SSSR count). The number of aliphatic hydroxyl groups excluding tert-OH is 1. The van der Waals surface area contributed by atoms with E-state index in [2.05, 4.69) is 0 Å². The quantitative estimate of drug-likeness (QED) is 0.559. The molecule has 0 aromatic rings. The molecule has 0 aliphatic carbocycles. The van der Waals surface area contributed by atoms with Crippen molar-refractivity contribution in [2.45, 2.75) is 25.2 Å². The Morgan fingerprint density at radius 1 is 1.70 bits per heavy atom. The van der Waals surface area contributed by atoms with E-state index >= 15 is 0 Å². The zero-order valence-corrected chi connectivity index (χ0v) is 6.73. The topological polar surface area (TPSA) is 57.5 Å². The number of aliphatic carboxylic acids is 1. The summed E-state index contributed by atoms with van der Waals surface area (Å²) in [5, 5.41) is 16.1. The van der Waals surface area contributed by atoms with E-state index in [1.165, 1.54) is 6.42 Å². The molecule has 0 aromatic carbocycles. The molecule has 1 saturated heterocycles. The fourth-order valence-corrected chi connectivity index (χ4v) is 1.50. The maximum absolute atomic E-state index is 9.00. The lowest BCUT2D eigenvalue weighted by molar-refractivity contribution is -0.134. The van der Waals surface area contributed by atoms with E-state index in [0.29, 0.717) is 0 Å². The zero-order chi connectivity index (χ0) is 7.98. The van der Waals surface area contributed by atoms with Gasteiger partial charge in [-0.05, 0) is 18.6 Å². The summed E-state index contributed by atoms with van der Waals surface area (Å²) in [5.41, 5.74) is -0.0370. The van der Waals surface area contributed by atoms with Gasteiger partial charge in [-0.3, -0.25) is 4.79 Å². The van der Waals surface area contributed by atoms with Crippen LogP contribution >= 0.6 is 11.8 Å². The molecule has 0 spiro atoms. The summed E-state index contributed by atoms with van der Waals surface area (Å²) in [7, 11) is 0. The van der Waals surface area contributed by atoms with Gasteiger partial charge in [0.15, 0.2) is 0 Å². The predicted octanol–water partition coefficient (Wildman–Crippen LogP) is 0.923. The molecule has 1 heterocycles. The first kappa shape index (κ1) is 9.78. The normalized spacial score (nSPS) is 23.2. The lowest BCUT2D eigenvalue weighted by Crippen LogP contribution is -1.88. The Labute approximate surface area is 64.4 Å². The number of hydrogen-bond donors (Lipinski definition) is 2.